The molecule has 0 rings (SSSR count). The van der Waals surface area contributed by atoms with E-state index < -0.39 is 26.5 Å². The van der Waals surface area contributed by atoms with Crippen LogP contribution in [0.4, 0.5) is 0 Å². The van der Waals surface area contributed by atoms with Crippen LogP contribution in [0.2, 0.25) is 0 Å². The van der Waals surface area contributed by atoms with E-state index in [-0.39, 0.29) is 32.0 Å². The summed E-state index contributed by atoms with van der Waals surface area (Å²) in [4.78, 5) is 38.0. The predicted octanol–water partition coefficient (Wildman–Crippen LogP) is 21.0. The summed E-state index contributed by atoms with van der Waals surface area (Å²) in [5.74, 6) is -0.826. The van der Waals surface area contributed by atoms with Gasteiger partial charge in [-0.3, -0.25) is 14.2 Å². The zero-order valence-corrected chi connectivity index (χ0v) is 53.9. The van der Waals surface area contributed by atoms with Gasteiger partial charge in [0, 0.05) is 12.8 Å². The minimum Gasteiger partial charge on any atom is -0.756 e. The third-order valence-electron chi connectivity index (χ3n) is 14.7. The summed E-state index contributed by atoms with van der Waals surface area (Å²) in [5, 5.41) is 0. The lowest BCUT2D eigenvalue weighted by molar-refractivity contribution is -0.870. The predicted molar refractivity (Wildman–Crippen MR) is 342 cm³/mol. The highest BCUT2D eigenvalue weighted by atomic mass is 31.2. The van der Waals surface area contributed by atoms with Crippen LogP contribution in [0.5, 0.6) is 0 Å². The van der Waals surface area contributed by atoms with Gasteiger partial charge in [0.15, 0.2) is 6.10 Å². The zero-order valence-electron chi connectivity index (χ0n) is 53.0. The molecule has 0 heterocycles. The van der Waals surface area contributed by atoms with Crippen LogP contribution in [0.1, 0.15) is 309 Å². The molecule has 0 aromatic heterocycles. The molecule has 2 unspecified atom stereocenters. The Morgan fingerprint density at radius 2 is 0.713 bits per heavy atom. The van der Waals surface area contributed by atoms with Crippen LogP contribution in [0, 0.1) is 0 Å². The maximum atomic E-state index is 12.8. The van der Waals surface area contributed by atoms with E-state index in [1.165, 1.54) is 199 Å². The summed E-state index contributed by atoms with van der Waals surface area (Å²) < 4.78 is 34.3. The van der Waals surface area contributed by atoms with Crippen molar-refractivity contribution < 1.29 is 42.1 Å². The molecule has 0 aliphatic rings. The largest absolute Gasteiger partial charge is 0.756 e. The number of quaternary nitrogens is 1. The van der Waals surface area contributed by atoms with E-state index >= 15 is 0 Å². The summed E-state index contributed by atoms with van der Waals surface area (Å²) in [6, 6.07) is 0. The van der Waals surface area contributed by atoms with Crippen LogP contribution in [-0.4, -0.2) is 70.0 Å². The van der Waals surface area contributed by atoms with Crippen molar-refractivity contribution in [2.75, 3.05) is 47.5 Å². The third kappa shape index (κ3) is 64.6. The number of likely N-dealkylation sites (N-methyl/N-ethyl adjacent to an activating group) is 1. The Hall–Kier alpha value is -2.55. The molecule has 0 amide bonds. The fourth-order valence-electron chi connectivity index (χ4n) is 9.56. The maximum Gasteiger partial charge on any atom is 0.306 e. The molecule has 0 aliphatic carbocycles. The van der Waals surface area contributed by atoms with Gasteiger partial charge in [-0.25, -0.2) is 0 Å². The highest BCUT2D eigenvalue weighted by Gasteiger charge is 2.22. The fourth-order valence-corrected chi connectivity index (χ4v) is 10.3. The number of allylic oxidation sites excluding steroid dienone is 12. The molecule has 466 valence electrons. The second-order valence-corrected chi connectivity index (χ2v) is 25.2. The average molecular weight is 1140 g/mol. The molecule has 0 aromatic carbocycles. The lowest BCUT2D eigenvalue weighted by atomic mass is 10.0. The number of esters is 2. The van der Waals surface area contributed by atoms with Gasteiger partial charge in [0.05, 0.1) is 27.7 Å². The number of nitrogens with zero attached hydrogens (tertiary/aromatic N) is 1. The average Bonchev–Trinajstić information content (AvgIpc) is 3.42. The molecule has 0 N–H and O–H groups in total. The van der Waals surface area contributed by atoms with Crippen LogP contribution < -0.4 is 4.89 Å². The lowest BCUT2D eigenvalue weighted by Gasteiger charge is -2.28. The summed E-state index contributed by atoms with van der Waals surface area (Å²) in [7, 11) is 1.17. The highest BCUT2D eigenvalue weighted by molar-refractivity contribution is 7.45. The Balaban J connectivity index is 4.06. The van der Waals surface area contributed by atoms with E-state index in [0.29, 0.717) is 17.4 Å². The molecular formula is C70H128NO8P. The van der Waals surface area contributed by atoms with Gasteiger partial charge in [-0.1, -0.05) is 286 Å². The van der Waals surface area contributed by atoms with Crippen molar-refractivity contribution in [3.8, 4) is 0 Å². The molecule has 2 atom stereocenters. The van der Waals surface area contributed by atoms with E-state index in [9.17, 15) is 19.0 Å². The SMILES string of the molecule is CC/C=C\C/C=C\C/C=C\C/C=C\C/C=C\CCCCCCCCCCCCCC(=O)OC(COC(=O)CCCCCCCCCCCCCCCCCCC/C=C\CCCCCCCCCC)COP(=O)([O-])OCC[N+](C)(C)C. The highest BCUT2D eigenvalue weighted by Crippen LogP contribution is 2.38. The molecule has 0 aliphatic heterocycles. The van der Waals surface area contributed by atoms with Crippen LogP contribution in [0.15, 0.2) is 72.9 Å². The van der Waals surface area contributed by atoms with Crippen LogP contribution in [-0.2, 0) is 32.7 Å². The Labute approximate surface area is 495 Å². The van der Waals surface area contributed by atoms with Crippen molar-refractivity contribution in [3.05, 3.63) is 72.9 Å². The molecule has 0 fully saturated rings. The first-order valence-electron chi connectivity index (χ1n) is 33.6. The zero-order chi connectivity index (χ0) is 58.4. The maximum absolute atomic E-state index is 12.8. The first-order valence-corrected chi connectivity index (χ1v) is 35.1. The van der Waals surface area contributed by atoms with E-state index in [1.54, 1.807) is 0 Å². The minimum absolute atomic E-state index is 0.0325. The number of rotatable bonds is 62. The molecular weight excluding hydrogens is 1010 g/mol. The monoisotopic (exact) mass is 1140 g/mol. The quantitative estimate of drug-likeness (QED) is 0.0195. The number of carbonyl (C=O) groups is 2. The summed E-state index contributed by atoms with van der Waals surface area (Å²) >= 11 is 0. The van der Waals surface area contributed by atoms with Crippen LogP contribution in [0.3, 0.4) is 0 Å². The number of hydrogen-bond donors (Lipinski definition) is 0. The Morgan fingerprint density at radius 1 is 0.400 bits per heavy atom. The van der Waals surface area contributed by atoms with Gasteiger partial charge < -0.3 is 27.9 Å². The van der Waals surface area contributed by atoms with E-state index in [0.717, 1.165) is 77.0 Å². The summed E-state index contributed by atoms with van der Waals surface area (Å²) in [5.41, 5.74) is 0. The molecule has 0 saturated carbocycles. The van der Waals surface area contributed by atoms with Gasteiger partial charge in [-0.2, -0.15) is 0 Å². The second-order valence-electron chi connectivity index (χ2n) is 23.8. The molecule has 0 aromatic rings. The standard InChI is InChI=1S/C70H128NO8P/c1-6-8-10-12-14-16-18-20-22-24-26-28-30-32-34-35-37-38-40-42-44-46-48-50-52-54-56-58-60-62-69(72)76-66-68(67-78-80(74,75)77-65-64-71(3,4)5)79-70(73)63-61-59-57-55-53-51-49-47-45-43-41-39-36-33-31-29-27-25-23-21-19-17-15-13-11-9-7-2/h9,11,15,17,21,23-24,26-27,29,33,36,68H,6-8,10,12-14,16,18-20,22,25,28,30-32,34-35,37-67H2,1-5H3/b11-9-,17-15-,23-21-,26-24-,29-27-,36-33-. The first-order chi connectivity index (χ1) is 39.0. The van der Waals surface area contributed by atoms with E-state index in [1.807, 2.05) is 21.1 Å². The van der Waals surface area contributed by atoms with Gasteiger partial charge in [0.1, 0.15) is 19.8 Å². The first kappa shape index (κ1) is 77.5. The topological polar surface area (TPSA) is 111 Å². The van der Waals surface area contributed by atoms with Crippen molar-refractivity contribution in [2.24, 2.45) is 0 Å². The molecule has 9 nitrogen and oxygen atoms in total. The Bertz CT molecular complexity index is 1580. The van der Waals surface area contributed by atoms with Crippen molar-refractivity contribution >= 4 is 19.8 Å². The number of phosphoric acid groups is 1. The normalized spacial score (nSPS) is 13.6. The molecule has 0 bridgehead atoms. The van der Waals surface area contributed by atoms with Crippen LogP contribution in [0.25, 0.3) is 0 Å². The third-order valence-corrected chi connectivity index (χ3v) is 15.7. The number of hydrogen-bond acceptors (Lipinski definition) is 8. The smallest absolute Gasteiger partial charge is 0.306 e. The molecule has 0 saturated heterocycles. The van der Waals surface area contributed by atoms with E-state index in [4.69, 9.17) is 18.5 Å². The summed E-state index contributed by atoms with van der Waals surface area (Å²) in [6.07, 6.45) is 81.1. The molecule has 0 radical (unpaired) electrons. The van der Waals surface area contributed by atoms with Crippen molar-refractivity contribution in [2.45, 2.75) is 315 Å². The van der Waals surface area contributed by atoms with Crippen molar-refractivity contribution in [1.82, 2.24) is 0 Å². The second kappa shape index (κ2) is 61.0. The van der Waals surface area contributed by atoms with Gasteiger partial charge in [0.25, 0.3) is 7.82 Å². The fraction of sp³-hybridized carbons (Fsp3) is 0.800. The van der Waals surface area contributed by atoms with Gasteiger partial charge in [-0.15, -0.1) is 0 Å². The van der Waals surface area contributed by atoms with Crippen molar-refractivity contribution in [3.63, 3.8) is 0 Å². The lowest BCUT2D eigenvalue weighted by Crippen LogP contribution is -2.37. The number of carbonyl (C=O) groups excluding carboxylic acids is 2. The Kier molecular flexibility index (Phi) is 59.1. The number of phosphoric ester groups is 1. The minimum atomic E-state index is -4.64. The van der Waals surface area contributed by atoms with Gasteiger partial charge >= 0.3 is 11.9 Å². The van der Waals surface area contributed by atoms with Crippen LogP contribution >= 0.6 is 7.82 Å². The van der Waals surface area contributed by atoms with E-state index in [2.05, 4.69) is 86.8 Å². The van der Waals surface area contributed by atoms with Gasteiger partial charge in [0.2, 0.25) is 0 Å². The summed E-state index contributed by atoms with van der Waals surface area (Å²) in [6.45, 7) is 4.16. The molecule has 80 heavy (non-hydrogen) atoms. The number of ether oxygens (including phenoxy) is 2. The number of unbranched alkanes of at least 4 members (excludes halogenated alkanes) is 36. The molecule has 10 heteroatoms. The van der Waals surface area contributed by atoms with Crippen molar-refractivity contribution in [1.29, 1.82) is 0 Å². The Morgan fingerprint density at radius 3 is 1.07 bits per heavy atom. The van der Waals surface area contributed by atoms with Gasteiger partial charge in [-0.05, 0) is 83.5 Å². The molecule has 0 spiro atoms.